The Morgan fingerprint density at radius 1 is 1.09 bits per heavy atom. The third-order valence-electron chi connectivity index (χ3n) is 4.27. The maximum Gasteiger partial charge on any atom is 0.277 e. The lowest BCUT2D eigenvalue weighted by atomic mass is 10.3. The number of nitrogens with one attached hydrogen (secondary N) is 1. The van der Waals surface area contributed by atoms with Crippen molar-refractivity contribution in [3.8, 4) is 11.5 Å². The van der Waals surface area contributed by atoms with Gasteiger partial charge in [-0.3, -0.25) is 0 Å². The van der Waals surface area contributed by atoms with Crippen LogP contribution < -0.4 is 20.5 Å². The van der Waals surface area contributed by atoms with Crippen LogP contribution in [0.4, 0.5) is 22.0 Å². The van der Waals surface area contributed by atoms with E-state index in [9.17, 15) is 4.39 Å². The molecule has 0 aliphatic rings. The van der Waals surface area contributed by atoms with E-state index >= 15 is 0 Å². The van der Waals surface area contributed by atoms with Gasteiger partial charge >= 0.3 is 0 Å². The fourth-order valence-corrected chi connectivity index (χ4v) is 3.39. The third-order valence-corrected chi connectivity index (χ3v) is 5.09. The van der Waals surface area contributed by atoms with Crippen LogP contribution in [0.1, 0.15) is 24.7 Å². The number of ether oxygens (including phenoxy) is 2. The maximum absolute atomic E-state index is 13.0. The number of anilines is 3. The maximum atomic E-state index is 13.0. The minimum Gasteiger partial charge on any atom is -0.495 e. The molecule has 0 spiro atoms. The zero-order chi connectivity index (χ0) is 23.2. The average Bonchev–Trinajstić information content (AvgIpc) is 3.29. The van der Waals surface area contributed by atoms with Gasteiger partial charge in [-0.05, 0) is 43.3 Å². The van der Waals surface area contributed by atoms with Gasteiger partial charge in [0.2, 0.25) is 11.9 Å². The van der Waals surface area contributed by atoms with E-state index in [1.165, 1.54) is 36.0 Å². The second kappa shape index (κ2) is 10.1. The molecule has 0 bridgehead atoms. The van der Waals surface area contributed by atoms with Crippen molar-refractivity contribution in [2.24, 2.45) is 0 Å². The molecule has 10 nitrogen and oxygen atoms in total. The van der Waals surface area contributed by atoms with Crippen LogP contribution in [0.2, 0.25) is 0 Å². The topological polar surface area (TPSA) is 134 Å². The summed E-state index contributed by atoms with van der Waals surface area (Å²) in [5.41, 5.74) is 6.54. The van der Waals surface area contributed by atoms with Crippen molar-refractivity contribution in [3.63, 3.8) is 0 Å². The highest BCUT2D eigenvalue weighted by atomic mass is 32.2. The summed E-state index contributed by atoms with van der Waals surface area (Å²) >= 11 is 1.25. The van der Waals surface area contributed by atoms with E-state index in [-0.39, 0.29) is 23.6 Å². The lowest BCUT2D eigenvalue weighted by Crippen LogP contribution is -2.07. The molecule has 0 radical (unpaired) electrons. The summed E-state index contributed by atoms with van der Waals surface area (Å²) in [6.45, 7) is 1.76. The normalized spacial score (nSPS) is 11.7. The average molecular weight is 470 g/mol. The molecular weight excluding hydrogens is 449 g/mol. The second-order valence-electron chi connectivity index (χ2n) is 6.67. The number of rotatable bonds is 9. The highest BCUT2D eigenvalue weighted by Crippen LogP contribution is 2.27. The van der Waals surface area contributed by atoms with Crippen molar-refractivity contribution < 1.29 is 18.3 Å². The minimum absolute atomic E-state index is 0.0746. The van der Waals surface area contributed by atoms with Gasteiger partial charge in [0.15, 0.2) is 6.10 Å². The van der Waals surface area contributed by atoms with Crippen molar-refractivity contribution in [2.45, 2.75) is 24.0 Å². The van der Waals surface area contributed by atoms with E-state index in [0.29, 0.717) is 34.0 Å². The number of aromatic nitrogens is 5. The predicted octanol–water partition coefficient (Wildman–Crippen LogP) is 4.16. The van der Waals surface area contributed by atoms with E-state index in [1.807, 2.05) is 24.3 Å². The molecule has 4 aromatic rings. The Morgan fingerprint density at radius 3 is 2.67 bits per heavy atom. The van der Waals surface area contributed by atoms with E-state index in [0.717, 1.165) is 0 Å². The zero-order valence-corrected chi connectivity index (χ0v) is 18.5. The van der Waals surface area contributed by atoms with E-state index in [1.54, 1.807) is 14.0 Å². The number of nitrogen functional groups attached to an aromatic ring is 1. The zero-order valence-electron chi connectivity index (χ0n) is 17.7. The van der Waals surface area contributed by atoms with Gasteiger partial charge in [-0.2, -0.15) is 15.0 Å². The van der Waals surface area contributed by atoms with Crippen LogP contribution in [0, 0.1) is 5.82 Å². The highest BCUT2D eigenvalue weighted by molar-refractivity contribution is 7.98. The largest absolute Gasteiger partial charge is 0.495 e. The number of hydrogen-bond donors (Lipinski definition) is 2. The van der Waals surface area contributed by atoms with Crippen molar-refractivity contribution in [2.75, 3.05) is 18.2 Å². The molecule has 2 aromatic carbocycles. The number of nitrogens with zero attached hydrogens (tertiary/aromatic N) is 5. The first-order chi connectivity index (χ1) is 16.0. The molecule has 0 saturated heterocycles. The molecule has 0 unspecified atom stereocenters. The summed E-state index contributed by atoms with van der Waals surface area (Å²) in [6, 6.07) is 13.1. The number of para-hydroxylation sites is 2. The summed E-state index contributed by atoms with van der Waals surface area (Å²) in [7, 11) is 1.58. The molecule has 12 heteroatoms. The minimum atomic E-state index is -0.512. The van der Waals surface area contributed by atoms with Gasteiger partial charge in [-0.15, -0.1) is 10.2 Å². The Hall–Kier alpha value is -3.93. The van der Waals surface area contributed by atoms with E-state index < -0.39 is 6.10 Å². The molecule has 1 atom stereocenters. The number of thioether (sulfide) groups is 1. The van der Waals surface area contributed by atoms with Gasteiger partial charge < -0.3 is 24.9 Å². The third kappa shape index (κ3) is 5.86. The van der Waals surface area contributed by atoms with Crippen molar-refractivity contribution in [1.82, 2.24) is 25.1 Å². The van der Waals surface area contributed by atoms with Crippen LogP contribution in [0.3, 0.4) is 0 Å². The molecule has 4 rings (SSSR count). The van der Waals surface area contributed by atoms with Crippen molar-refractivity contribution in [1.29, 1.82) is 0 Å². The smallest absolute Gasteiger partial charge is 0.277 e. The first-order valence-corrected chi connectivity index (χ1v) is 10.8. The Kier molecular flexibility index (Phi) is 6.83. The van der Waals surface area contributed by atoms with Crippen molar-refractivity contribution >= 4 is 29.3 Å². The number of halogens is 1. The molecule has 0 amide bonds. The highest BCUT2D eigenvalue weighted by Gasteiger charge is 2.17. The lowest BCUT2D eigenvalue weighted by Gasteiger charge is -2.10. The SMILES string of the molecule is COc1ccccc1Nc1nc(N)nc(CSc2nnc([C@@H](C)Oc3ccc(F)cc3)o2)n1. The molecular formula is C21H20FN7O3S. The van der Waals surface area contributed by atoms with Crippen LogP contribution in [0.15, 0.2) is 58.2 Å². The molecule has 0 aliphatic heterocycles. The molecule has 170 valence electrons. The van der Waals surface area contributed by atoms with Gasteiger partial charge in [-0.1, -0.05) is 23.9 Å². The molecule has 0 saturated carbocycles. The van der Waals surface area contributed by atoms with E-state index in [2.05, 4.69) is 30.5 Å². The summed E-state index contributed by atoms with van der Waals surface area (Å²) in [5.74, 6) is 2.19. The monoisotopic (exact) mass is 469 g/mol. The fraction of sp³-hybridized carbons (Fsp3) is 0.190. The Bertz CT molecular complexity index is 1220. The second-order valence-corrected chi connectivity index (χ2v) is 7.59. The molecule has 0 fully saturated rings. The lowest BCUT2D eigenvalue weighted by molar-refractivity contribution is 0.181. The van der Waals surface area contributed by atoms with Gasteiger partial charge in [0, 0.05) is 0 Å². The van der Waals surface area contributed by atoms with Gasteiger partial charge in [-0.25, -0.2) is 4.39 Å². The first-order valence-electron chi connectivity index (χ1n) is 9.79. The molecule has 0 aliphatic carbocycles. The number of benzene rings is 2. The standard InChI is InChI=1S/C21H20FN7O3S/c1-12(31-14-9-7-13(22)8-10-14)18-28-29-21(32-18)33-11-17-25-19(23)27-20(26-17)24-15-5-3-4-6-16(15)30-2/h3-10,12H,11H2,1-2H3,(H3,23,24,25,26,27)/t12-/m1/s1. The van der Waals surface area contributed by atoms with Crippen LogP contribution in [-0.2, 0) is 5.75 Å². The van der Waals surface area contributed by atoms with Crippen LogP contribution in [-0.4, -0.2) is 32.3 Å². The van der Waals surface area contributed by atoms with Crippen LogP contribution >= 0.6 is 11.8 Å². The Balaban J connectivity index is 1.39. The van der Waals surface area contributed by atoms with Gasteiger partial charge in [0.05, 0.1) is 18.6 Å². The molecule has 2 heterocycles. The molecule has 2 aromatic heterocycles. The fourth-order valence-electron chi connectivity index (χ4n) is 2.76. The Morgan fingerprint density at radius 2 is 1.88 bits per heavy atom. The van der Waals surface area contributed by atoms with Gasteiger partial charge in [0.1, 0.15) is 23.1 Å². The summed E-state index contributed by atoms with van der Waals surface area (Å²) < 4.78 is 29.7. The van der Waals surface area contributed by atoms with E-state index in [4.69, 9.17) is 19.6 Å². The van der Waals surface area contributed by atoms with Crippen LogP contribution in [0.25, 0.3) is 0 Å². The van der Waals surface area contributed by atoms with Crippen molar-refractivity contribution in [3.05, 3.63) is 66.1 Å². The van der Waals surface area contributed by atoms with Crippen LogP contribution in [0.5, 0.6) is 11.5 Å². The molecule has 3 N–H and O–H groups in total. The summed E-state index contributed by atoms with van der Waals surface area (Å²) in [5, 5.41) is 11.4. The number of methoxy groups -OCH3 is 1. The summed E-state index contributed by atoms with van der Waals surface area (Å²) in [6.07, 6.45) is -0.512. The first kappa shape index (κ1) is 22.3. The summed E-state index contributed by atoms with van der Waals surface area (Å²) in [4.78, 5) is 12.7. The number of hydrogen-bond acceptors (Lipinski definition) is 11. The van der Waals surface area contributed by atoms with Gasteiger partial charge in [0.25, 0.3) is 11.1 Å². The number of nitrogens with two attached hydrogens (primary N) is 1. The predicted molar refractivity (Wildman–Crippen MR) is 120 cm³/mol. The Labute approximate surface area is 192 Å². The molecule has 33 heavy (non-hydrogen) atoms. The quantitative estimate of drug-likeness (QED) is 0.342.